The van der Waals surface area contributed by atoms with E-state index < -0.39 is 0 Å². The van der Waals surface area contributed by atoms with Crippen LogP contribution in [0, 0.1) is 10.1 Å². The van der Waals surface area contributed by atoms with Crippen LogP contribution in [0.25, 0.3) is 5.69 Å². The maximum atomic E-state index is 11.4. The molecule has 3 heterocycles. The first-order chi connectivity index (χ1) is 16.9. The minimum atomic E-state index is -0.381. The van der Waals surface area contributed by atoms with Gasteiger partial charge in [-0.1, -0.05) is 12.1 Å². The molecule has 0 radical (unpaired) electrons. The molecule has 5 rings (SSSR count). The van der Waals surface area contributed by atoms with Gasteiger partial charge in [-0.15, -0.1) is 0 Å². The average Bonchev–Trinajstić information content (AvgIpc) is 3.49. The van der Waals surface area contributed by atoms with Crippen molar-refractivity contribution >= 4 is 34.4 Å². The number of nitrogens with one attached hydrogen (secondary N) is 1. The third-order valence-corrected chi connectivity index (χ3v) is 6.46. The highest BCUT2D eigenvalue weighted by molar-refractivity contribution is 7.80. The Morgan fingerprint density at radius 1 is 1.00 bits per heavy atom. The summed E-state index contributed by atoms with van der Waals surface area (Å²) in [6.45, 7) is 0. The summed E-state index contributed by atoms with van der Waals surface area (Å²) in [6, 6.07) is 24.2. The molecule has 0 unspecified atom stereocenters. The van der Waals surface area contributed by atoms with Crippen LogP contribution in [0.4, 0.5) is 17.1 Å². The van der Waals surface area contributed by atoms with Crippen LogP contribution in [0.15, 0.2) is 91.3 Å². The van der Waals surface area contributed by atoms with Crippen molar-refractivity contribution in [2.45, 2.75) is 12.1 Å². The van der Waals surface area contributed by atoms with Crippen molar-refractivity contribution in [1.82, 2.24) is 14.9 Å². The Hall–Kier alpha value is -4.24. The molecule has 176 valence electrons. The Kier molecular flexibility index (Phi) is 5.92. The van der Waals surface area contributed by atoms with Gasteiger partial charge >= 0.3 is 0 Å². The number of rotatable bonds is 6. The number of nitro benzene ring substituents is 1. The summed E-state index contributed by atoms with van der Waals surface area (Å²) in [5, 5.41) is 15.5. The number of pyridine rings is 1. The van der Waals surface area contributed by atoms with Crippen LogP contribution in [-0.4, -0.2) is 33.7 Å². The van der Waals surface area contributed by atoms with Gasteiger partial charge in [-0.2, -0.15) is 0 Å². The first-order valence-electron chi connectivity index (χ1n) is 11.1. The van der Waals surface area contributed by atoms with Gasteiger partial charge in [-0.25, -0.2) is 0 Å². The number of anilines is 2. The molecule has 0 bridgehead atoms. The second-order valence-electron chi connectivity index (χ2n) is 8.49. The first kappa shape index (κ1) is 22.5. The predicted octanol–water partition coefficient (Wildman–Crippen LogP) is 5.02. The van der Waals surface area contributed by atoms with E-state index in [0.29, 0.717) is 10.8 Å². The lowest BCUT2D eigenvalue weighted by molar-refractivity contribution is -0.384. The van der Waals surface area contributed by atoms with E-state index >= 15 is 0 Å². The van der Waals surface area contributed by atoms with Crippen LogP contribution in [0.1, 0.15) is 23.5 Å². The molecular weight excluding hydrogens is 460 g/mol. The van der Waals surface area contributed by atoms with E-state index in [2.05, 4.69) is 39.5 Å². The number of nitrogens with zero attached hydrogens (tertiary/aromatic N) is 5. The quantitative estimate of drug-likeness (QED) is 0.234. The van der Waals surface area contributed by atoms with Crippen molar-refractivity contribution in [3.63, 3.8) is 0 Å². The highest BCUT2D eigenvalue weighted by Gasteiger charge is 2.42. The van der Waals surface area contributed by atoms with Crippen molar-refractivity contribution in [2.75, 3.05) is 23.9 Å². The average molecular weight is 485 g/mol. The Labute approximate surface area is 208 Å². The van der Waals surface area contributed by atoms with Crippen LogP contribution in [-0.2, 0) is 0 Å². The van der Waals surface area contributed by atoms with Crippen molar-refractivity contribution in [1.29, 1.82) is 0 Å². The number of hydrogen-bond donors (Lipinski definition) is 1. The summed E-state index contributed by atoms with van der Waals surface area (Å²) >= 11 is 5.83. The summed E-state index contributed by atoms with van der Waals surface area (Å²) in [5.41, 5.74) is 4.58. The van der Waals surface area contributed by atoms with Crippen molar-refractivity contribution in [3.8, 4) is 5.69 Å². The van der Waals surface area contributed by atoms with E-state index in [0.717, 1.165) is 22.8 Å². The largest absolute Gasteiger partial charge is 0.378 e. The fourth-order valence-electron chi connectivity index (χ4n) is 4.47. The fourth-order valence-corrected chi connectivity index (χ4v) is 4.82. The van der Waals surface area contributed by atoms with Gasteiger partial charge in [0.25, 0.3) is 5.69 Å². The molecule has 35 heavy (non-hydrogen) atoms. The topological polar surface area (TPSA) is 79.5 Å². The maximum absolute atomic E-state index is 11.4. The number of thiocarbonyl (C=S) groups is 1. The molecular formula is C26H24N6O2S. The smallest absolute Gasteiger partial charge is 0.271 e. The minimum absolute atomic E-state index is 0.0413. The van der Waals surface area contributed by atoms with Gasteiger partial charge in [0, 0.05) is 55.7 Å². The number of non-ortho nitro benzene ring substituents is 1. The number of hydrogen-bond acceptors (Lipinski definition) is 5. The van der Waals surface area contributed by atoms with Gasteiger partial charge in [0.1, 0.15) is 6.04 Å². The zero-order valence-corrected chi connectivity index (χ0v) is 20.1. The summed E-state index contributed by atoms with van der Waals surface area (Å²) in [5.74, 6) is 0. The van der Waals surface area contributed by atoms with E-state index in [1.54, 1.807) is 18.3 Å². The lowest BCUT2D eigenvalue weighted by atomic mass is 10.0. The molecule has 0 amide bonds. The SMILES string of the molecule is CN(C)c1ccc(N2C(=S)N[C@@H](c3ccccn3)[C@H]2c2cccn2-c2cccc([N+](=O)[O-])c2)cc1. The standard InChI is InChI=1S/C26H24N6O2S/c1-29(2)18-11-13-19(14-12-18)31-25(24(28-26(31)35)22-9-3-4-15-27-22)23-10-6-16-30(23)20-7-5-8-21(17-20)32(33)34/h3-17,24-25H,1-2H3,(H,28,35)/t24-,25+/m0/s1. The van der Waals surface area contributed by atoms with Gasteiger partial charge in [0.15, 0.2) is 5.11 Å². The lowest BCUT2D eigenvalue weighted by Crippen LogP contribution is -2.30. The first-order valence-corrected chi connectivity index (χ1v) is 11.5. The van der Waals surface area contributed by atoms with Crippen LogP contribution < -0.4 is 15.1 Å². The zero-order valence-electron chi connectivity index (χ0n) is 19.3. The van der Waals surface area contributed by atoms with E-state index in [1.807, 2.05) is 66.2 Å². The van der Waals surface area contributed by atoms with E-state index in [-0.39, 0.29) is 22.7 Å². The van der Waals surface area contributed by atoms with Gasteiger partial charge < -0.3 is 19.7 Å². The summed E-state index contributed by atoms with van der Waals surface area (Å²) in [4.78, 5) is 19.8. The van der Waals surface area contributed by atoms with E-state index in [9.17, 15) is 10.1 Å². The molecule has 0 saturated carbocycles. The normalized spacial score (nSPS) is 17.3. The zero-order chi connectivity index (χ0) is 24.5. The number of benzene rings is 2. The van der Waals surface area contributed by atoms with Gasteiger partial charge in [-0.05, 0) is 66.8 Å². The van der Waals surface area contributed by atoms with Crippen molar-refractivity contribution in [2.24, 2.45) is 0 Å². The van der Waals surface area contributed by atoms with Gasteiger partial charge in [0.05, 0.1) is 22.3 Å². The van der Waals surface area contributed by atoms with Gasteiger partial charge in [0.2, 0.25) is 0 Å². The molecule has 2 atom stereocenters. The number of nitro groups is 1. The molecule has 1 N–H and O–H groups in total. The third kappa shape index (κ3) is 4.22. The fraction of sp³-hybridized carbons (Fsp3) is 0.154. The monoisotopic (exact) mass is 484 g/mol. The molecule has 1 aliphatic rings. The van der Waals surface area contributed by atoms with Crippen molar-refractivity contribution in [3.05, 3.63) is 113 Å². The molecule has 0 aliphatic carbocycles. The Morgan fingerprint density at radius 3 is 2.49 bits per heavy atom. The van der Waals surface area contributed by atoms with E-state index in [1.165, 1.54) is 6.07 Å². The third-order valence-electron chi connectivity index (χ3n) is 6.14. The second kappa shape index (κ2) is 9.19. The number of aromatic nitrogens is 2. The molecule has 1 saturated heterocycles. The maximum Gasteiger partial charge on any atom is 0.271 e. The molecule has 4 aromatic rings. The Balaban J connectivity index is 1.64. The Bertz CT molecular complexity index is 1370. The van der Waals surface area contributed by atoms with Crippen LogP contribution in [0.3, 0.4) is 0 Å². The van der Waals surface area contributed by atoms with Crippen LogP contribution in [0.2, 0.25) is 0 Å². The van der Waals surface area contributed by atoms with Crippen LogP contribution >= 0.6 is 12.2 Å². The van der Waals surface area contributed by atoms with Crippen LogP contribution in [0.5, 0.6) is 0 Å². The molecule has 2 aromatic heterocycles. The molecule has 0 spiro atoms. The molecule has 1 aliphatic heterocycles. The minimum Gasteiger partial charge on any atom is -0.378 e. The highest BCUT2D eigenvalue weighted by Crippen LogP contribution is 2.42. The second-order valence-corrected chi connectivity index (χ2v) is 8.87. The van der Waals surface area contributed by atoms with Gasteiger partial charge in [-0.3, -0.25) is 15.1 Å². The summed E-state index contributed by atoms with van der Waals surface area (Å²) in [7, 11) is 4.01. The lowest BCUT2D eigenvalue weighted by Gasteiger charge is -2.29. The highest BCUT2D eigenvalue weighted by atomic mass is 32.1. The summed E-state index contributed by atoms with van der Waals surface area (Å²) in [6.07, 6.45) is 3.68. The predicted molar refractivity (Wildman–Crippen MR) is 141 cm³/mol. The molecule has 8 nitrogen and oxygen atoms in total. The van der Waals surface area contributed by atoms with Crippen molar-refractivity contribution < 1.29 is 4.92 Å². The Morgan fingerprint density at radius 2 is 1.80 bits per heavy atom. The summed E-state index contributed by atoms with van der Waals surface area (Å²) < 4.78 is 1.98. The molecule has 1 fully saturated rings. The molecule has 9 heteroatoms. The molecule has 2 aromatic carbocycles. The van der Waals surface area contributed by atoms with E-state index in [4.69, 9.17) is 12.2 Å².